The molecule has 2 aromatic carbocycles. The number of aromatic nitrogens is 2. The lowest BCUT2D eigenvalue weighted by molar-refractivity contribution is 0.0976. The predicted molar refractivity (Wildman–Crippen MR) is 122 cm³/mol. The monoisotopic (exact) mass is 421 g/mol. The fourth-order valence-electron chi connectivity index (χ4n) is 3.32. The Hall–Kier alpha value is -3.48. The molecule has 7 heteroatoms. The molecule has 1 aromatic heterocycles. The second-order valence-electron chi connectivity index (χ2n) is 7.61. The first kappa shape index (κ1) is 22.2. The minimum atomic E-state index is -0.424. The van der Waals surface area contributed by atoms with Gasteiger partial charge in [-0.3, -0.25) is 19.8 Å². The van der Waals surface area contributed by atoms with Crippen LogP contribution in [0.3, 0.4) is 0 Å². The summed E-state index contributed by atoms with van der Waals surface area (Å²) >= 11 is 0. The minimum Gasteiger partial charge on any atom is -0.326 e. The molecule has 0 spiro atoms. The number of anilines is 1. The molecule has 0 aliphatic carbocycles. The van der Waals surface area contributed by atoms with Gasteiger partial charge in [-0.2, -0.15) is 5.10 Å². The molecule has 0 unspecified atom stereocenters. The molecule has 1 heterocycles. The Balaban J connectivity index is 1.81. The summed E-state index contributed by atoms with van der Waals surface area (Å²) in [5, 5.41) is 10.4. The number of carbonyl (C=O) groups excluding carboxylic acids is 1. The van der Waals surface area contributed by atoms with Gasteiger partial charge in [-0.1, -0.05) is 24.3 Å². The molecule has 0 radical (unpaired) electrons. The van der Waals surface area contributed by atoms with Gasteiger partial charge in [0.05, 0.1) is 5.69 Å². The van der Waals surface area contributed by atoms with Crippen molar-refractivity contribution in [3.05, 3.63) is 81.9 Å². The normalized spacial score (nSPS) is 11.5. The van der Waals surface area contributed by atoms with Crippen molar-refractivity contribution < 1.29 is 9.18 Å². The van der Waals surface area contributed by atoms with Crippen molar-refractivity contribution in [3.8, 4) is 0 Å². The van der Waals surface area contributed by atoms with Gasteiger partial charge in [0.2, 0.25) is 5.96 Å². The standard InChI is InChI=1S/C24H28FN5O/c1-15-10-11-19(14-21(15)25)23(31)28-24(27-22-9-7-6-8-16(22)2)26-13-12-20-17(3)29-30(5)18(20)4/h6-11,14H,12-13H2,1-5H3,(H2,26,27,28,31). The Bertz CT molecular complexity index is 1130. The highest BCUT2D eigenvalue weighted by Crippen LogP contribution is 2.15. The third-order valence-corrected chi connectivity index (χ3v) is 5.35. The lowest BCUT2D eigenvalue weighted by Gasteiger charge is -2.14. The van der Waals surface area contributed by atoms with Crippen LogP contribution in [-0.4, -0.2) is 28.2 Å². The van der Waals surface area contributed by atoms with E-state index in [0.29, 0.717) is 24.5 Å². The molecule has 3 aromatic rings. The lowest BCUT2D eigenvalue weighted by Crippen LogP contribution is -2.36. The molecule has 0 aliphatic heterocycles. The largest absolute Gasteiger partial charge is 0.326 e. The maximum absolute atomic E-state index is 13.9. The van der Waals surface area contributed by atoms with Crippen molar-refractivity contribution in [1.82, 2.24) is 15.1 Å². The van der Waals surface area contributed by atoms with Crippen LogP contribution >= 0.6 is 0 Å². The first-order chi connectivity index (χ1) is 14.8. The van der Waals surface area contributed by atoms with Crippen LogP contribution in [0.1, 0.15) is 38.4 Å². The smallest absolute Gasteiger partial charge is 0.258 e. The lowest BCUT2D eigenvalue weighted by atomic mass is 10.1. The van der Waals surface area contributed by atoms with Crippen LogP contribution in [-0.2, 0) is 13.5 Å². The second kappa shape index (κ2) is 9.55. The van der Waals surface area contributed by atoms with Gasteiger partial charge in [0, 0.05) is 30.5 Å². The maximum atomic E-state index is 13.9. The molecule has 2 N–H and O–H groups in total. The van der Waals surface area contributed by atoms with Crippen LogP contribution < -0.4 is 10.6 Å². The SMILES string of the molecule is Cc1ccc(C(=O)NC(=NCCc2c(C)nn(C)c2C)Nc2ccccc2C)cc1F. The predicted octanol–water partition coefficient (Wildman–Crippen LogP) is 4.23. The number of nitrogens with zero attached hydrogens (tertiary/aromatic N) is 3. The highest BCUT2D eigenvalue weighted by molar-refractivity contribution is 6.10. The van der Waals surface area contributed by atoms with Crippen LogP contribution in [0.4, 0.5) is 10.1 Å². The Morgan fingerprint density at radius 1 is 1.10 bits per heavy atom. The van der Waals surface area contributed by atoms with E-state index < -0.39 is 11.7 Å². The molecule has 0 saturated carbocycles. The number of hydrogen-bond donors (Lipinski definition) is 2. The van der Waals surface area contributed by atoms with E-state index in [1.54, 1.807) is 19.1 Å². The molecule has 162 valence electrons. The number of benzene rings is 2. The average molecular weight is 422 g/mol. The summed E-state index contributed by atoms with van der Waals surface area (Å²) in [6.07, 6.45) is 0.694. The van der Waals surface area contributed by atoms with Crippen molar-refractivity contribution in [2.45, 2.75) is 34.1 Å². The summed E-state index contributed by atoms with van der Waals surface area (Å²) in [6.45, 7) is 8.10. The molecular formula is C24H28FN5O. The van der Waals surface area contributed by atoms with E-state index in [1.807, 2.05) is 56.8 Å². The van der Waals surface area contributed by atoms with E-state index >= 15 is 0 Å². The zero-order chi connectivity index (χ0) is 22.5. The summed E-state index contributed by atoms with van der Waals surface area (Å²) in [5.74, 6) is -0.521. The van der Waals surface area contributed by atoms with Crippen LogP contribution in [0.5, 0.6) is 0 Å². The van der Waals surface area contributed by atoms with Gasteiger partial charge >= 0.3 is 0 Å². The van der Waals surface area contributed by atoms with Crippen LogP contribution in [0.25, 0.3) is 0 Å². The molecule has 31 heavy (non-hydrogen) atoms. The first-order valence-electron chi connectivity index (χ1n) is 10.2. The van der Waals surface area contributed by atoms with E-state index in [-0.39, 0.29) is 5.56 Å². The van der Waals surface area contributed by atoms with E-state index in [0.717, 1.165) is 28.2 Å². The molecule has 0 fully saturated rings. The molecule has 0 atom stereocenters. The summed E-state index contributed by atoms with van der Waals surface area (Å²) in [7, 11) is 1.92. The van der Waals surface area contributed by atoms with Gasteiger partial charge in [-0.25, -0.2) is 4.39 Å². The topological polar surface area (TPSA) is 71.3 Å². The number of aryl methyl sites for hydroxylation is 4. The van der Waals surface area contributed by atoms with Gasteiger partial charge in [0.15, 0.2) is 0 Å². The third kappa shape index (κ3) is 5.36. The number of rotatable bonds is 5. The highest BCUT2D eigenvalue weighted by atomic mass is 19.1. The Morgan fingerprint density at radius 3 is 2.48 bits per heavy atom. The number of amides is 1. The summed E-state index contributed by atoms with van der Waals surface area (Å²) in [5.41, 5.74) is 5.80. The Labute approximate surface area is 182 Å². The number of para-hydroxylation sites is 1. The van der Waals surface area contributed by atoms with Crippen LogP contribution in [0.15, 0.2) is 47.5 Å². The fraction of sp³-hybridized carbons (Fsp3) is 0.292. The van der Waals surface area contributed by atoms with E-state index in [1.165, 1.54) is 6.07 Å². The number of aliphatic imine (C=N–C) groups is 1. The molecule has 0 aliphatic rings. The highest BCUT2D eigenvalue weighted by Gasteiger charge is 2.13. The molecular weight excluding hydrogens is 393 g/mol. The van der Waals surface area contributed by atoms with E-state index in [2.05, 4.69) is 20.7 Å². The van der Waals surface area contributed by atoms with Crippen LogP contribution in [0.2, 0.25) is 0 Å². The molecule has 0 bridgehead atoms. The second-order valence-corrected chi connectivity index (χ2v) is 7.61. The van der Waals surface area contributed by atoms with Crippen molar-refractivity contribution in [1.29, 1.82) is 0 Å². The number of guanidine groups is 1. The van der Waals surface area contributed by atoms with Crippen molar-refractivity contribution >= 4 is 17.6 Å². The Morgan fingerprint density at radius 2 is 1.84 bits per heavy atom. The number of nitrogens with one attached hydrogen (secondary N) is 2. The van der Waals surface area contributed by atoms with Crippen LogP contribution in [0, 0.1) is 33.5 Å². The molecule has 0 saturated heterocycles. The number of halogens is 1. The first-order valence-corrected chi connectivity index (χ1v) is 10.2. The zero-order valence-electron chi connectivity index (χ0n) is 18.6. The zero-order valence-corrected chi connectivity index (χ0v) is 18.6. The number of carbonyl (C=O) groups is 1. The average Bonchev–Trinajstić information content (AvgIpc) is 2.97. The minimum absolute atomic E-state index is 0.237. The molecule has 1 amide bonds. The van der Waals surface area contributed by atoms with Gasteiger partial charge < -0.3 is 5.32 Å². The van der Waals surface area contributed by atoms with Gasteiger partial charge in [-0.15, -0.1) is 0 Å². The molecule has 6 nitrogen and oxygen atoms in total. The molecule has 3 rings (SSSR count). The van der Waals surface area contributed by atoms with E-state index in [9.17, 15) is 9.18 Å². The van der Waals surface area contributed by atoms with Gasteiger partial charge in [0.1, 0.15) is 5.82 Å². The summed E-state index contributed by atoms with van der Waals surface area (Å²) in [4.78, 5) is 17.3. The van der Waals surface area contributed by atoms with Crippen molar-refractivity contribution in [2.75, 3.05) is 11.9 Å². The quantitative estimate of drug-likeness (QED) is 0.478. The summed E-state index contributed by atoms with van der Waals surface area (Å²) < 4.78 is 15.8. The van der Waals surface area contributed by atoms with Crippen molar-refractivity contribution in [2.24, 2.45) is 12.0 Å². The third-order valence-electron chi connectivity index (χ3n) is 5.35. The number of hydrogen-bond acceptors (Lipinski definition) is 3. The van der Waals surface area contributed by atoms with Gasteiger partial charge in [0.25, 0.3) is 5.91 Å². The summed E-state index contributed by atoms with van der Waals surface area (Å²) in [6, 6.07) is 12.2. The van der Waals surface area contributed by atoms with E-state index in [4.69, 9.17) is 0 Å². The fourth-order valence-corrected chi connectivity index (χ4v) is 3.32. The Kier molecular flexibility index (Phi) is 6.84. The van der Waals surface area contributed by atoms with Crippen molar-refractivity contribution in [3.63, 3.8) is 0 Å². The van der Waals surface area contributed by atoms with Gasteiger partial charge in [-0.05, 0) is 69.0 Å². The maximum Gasteiger partial charge on any atom is 0.258 e.